The van der Waals surface area contributed by atoms with E-state index in [1.165, 1.54) is 6.26 Å². The third kappa shape index (κ3) is 3.85. The van der Waals surface area contributed by atoms with Crippen molar-refractivity contribution in [1.82, 2.24) is 10.3 Å². The first-order chi connectivity index (χ1) is 11.9. The normalized spacial score (nSPS) is 15.8. The van der Waals surface area contributed by atoms with Gasteiger partial charge in [-0.1, -0.05) is 0 Å². The summed E-state index contributed by atoms with van der Waals surface area (Å²) in [5, 5.41) is 12.4. The molecule has 1 aliphatic rings. The van der Waals surface area contributed by atoms with Gasteiger partial charge in [0.25, 0.3) is 5.89 Å². The van der Waals surface area contributed by atoms with Crippen molar-refractivity contribution < 1.29 is 13.6 Å². The Kier molecular flexibility index (Phi) is 4.53. The predicted octanol–water partition coefficient (Wildman–Crippen LogP) is 2.94. The monoisotopic (exact) mass is 342 g/mol. The lowest BCUT2D eigenvalue weighted by atomic mass is 9.94. The van der Waals surface area contributed by atoms with Gasteiger partial charge in [-0.05, 0) is 45.7 Å². The molecule has 1 amide bonds. The Morgan fingerprint density at radius 2 is 2.12 bits per heavy atom. The predicted molar refractivity (Wildman–Crippen MR) is 91.8 cm³/mol. The van der Waals surface area contributed by atoms with Crippen molar-refractivity contribution in [1.29, 1.82) is 5.26 Å². The fourth-order valence-electron chi connectivity index (χ4n) is 2.92. The number of hydrogen-bond donors (Lipinski definition) is 1. The lowest BCUT2D eigenvalue weighted by Gasteiger charge is -2.32. The summed E-state index contributed by atoms with van der Waals surface area (Å²) in [6.45, 7) is 7.21. The van der Waals surface area contributed by atoms with Crippen LogP contribution in [0.1, 0.15) is 39.3 Å². The number of carbonyl (C=O) groups is 1. The van der Waals surface area contributed by atoms with Crippen LogP contribution in [-0.4, -0.2) is 29.5 Å². The van der Waals surface area contributed by atoms with Gasteiger partial charge in [-0.15, -0.1) is 0 Å². The molecular weight excluding hydrogens is 320 g/mol. The van der Waals surface area contributed by atoms with E-state index in [9.17, 15) is 10.1 Å². The molecule has 0 saturated carbocycles. The minimum atomic E-state index is -0.231. The number of rotatable bonds is 3. The second kappa shape index (κ2) is 6.63. The fourth-order valence-corrected chi connectivity index (χ4v) is 2.92. The molecule has 0 radical (unpaired) electrons. The smallest absolute Gasteiger partial charge is 0.266 e. The second-order valence-corrected chi connectivity index (χ2v) is 7.26. The van der Waals surface area contributed by atoms with Crippen LogP contribution in [0.25, 0.3) is 11.7 Å². The molecule has 0 bridgehead atoms. The Morgan fingerprint density at radius 1 is 1.40 bits per heavy atom. The van der Waals surface area contributed by atoms with Crippen LogP contribution in [0.3, 0.4) is 0 Å². The number of piperidine rings is 1. The number of oxazole rings is 1. The summed E-state index contributed by atoms with van der Waals surface area (Å²) in [4.78, 5) is 18.5. The number of nitrogens with one attached hydrogen (secondary N) is 1. The lowest BCUT2D eigenvalue weighted by Crippen LogP contribution is -2.47. The maximum Gasteiger partial charge on any atom is 0.266 e. The number of aromatic nitrogens is 1. The average molecular weight is 342 g/mol. The van der Waals surface area contributed by atoms with Gasteiger partial charge in [0.15, 0.2) is 5.76 Å². The third-order valence-corrected chi connectivity index (χ3v) is 4.10. The van der Waals surface area contributed by atoms with Gasteiger partial charge in [0.1, 0.15) is 6.07 Å². The molecule has 3 heterocycles. The Bertz CT molecular complexity index is 772. The van der Waals surface area contributed by atoms with Gasteiger partial charge in [0.05, 0.1) is 6.26 Å². The first-order valence-corrected chi connectivity index (χ1v) is 8.39. The molecule has 1 N–H and O–H groups in total. The van der Waals surface area contributed by atoms with Gasteiger partial charge in [-0.25, -0.2) is 0 Å². The summed E-state index contributed by atoms with van der Waals surface area (Å²) < 4.78 is 11.0. The van der Waals surface area contributed by atoms with Crippen molar-refractivity contribution in [3.05, 3.63) is 24.1 Å². The quantitative estimate of drug-likeness (QED) is 0.921. The van der Waals surface area contributed by atoms with Crippen LogP contribution in [0, 0.1) is 17.2 Å². The molecule has 0 spiro atoms. The van der Waals surface area contributed by atoms with Gasteiger partial charge in [-0.2, -0.15) is 10.2 Å². The van der Waals surface area contributed by atoms with Crippen LogP contribution in [0.5, 0.6) is 0 Å². The van der Waals surface area contributed by atoms with Crippen molar-refractivity contribution in [3.63, 3.8) is 0 Å². The summed E-state index contributed by atoms with van der Waals surface area (Å²) in [5.74, 6) is 1.30. The Labute approximate surface area is 146 Å². The van der Waals surface area contributed by atoms with Crippen molar-refractivity contribution in [2.75, 3.05) is 18.0 Å². The van der Waals surface area contributed by atoms with Crippen molar-refractivity contribution in [2.45, 2.75) is 39.2 Å². The van der Waals surface area contributed by atoms with Crippen LogP contribution >= 0.6 is 0 Å². The minimum Gasteiger partial charge on any atom is -0.459 e. The summed E-state index contributed by atoms with van der Waals surface area (Å²) in [6.07, 6.45) is 2.96. The number of hydrogen-bond acceptors (Lipinski definition) is 6. The number of amides is 1. The summed E-state index contributed by atoms with van der Waals surface area (Å²) >= 11 is 0. The highest BCUT2D eigenvalue weighted by Crippen LogP contribution is 2.31. The summed E-state index contributed by atoms with van der Waals surface area (Å²) in [5.41, 5.74) is 0.00873. The first-order valence-electron chi connectivity index (χ1n) is 8.39. The topological polar surface area (TPSA) is 95.3 Å². The van der Waals surface area contributed by atoms with Crippen molar-refractivity contribution >= 4 is 11.8 Å². The third-order valence-electron chi connectivity index (χ3n) is 4.10. The van der Waals surface area contributed by atoms with E-state index in [4.69, 9.17) is 8.83 Å². The molecule has 2 aromatic heterocycles. The standard InChI is InChI=1S/C18H22N4O3/c1-18(2,3)21-15(23)12-6-8-22(9-7-12)17-13(11-19)20-16(25-17)14-5-4-10-24-14/h4-5,10,12H,6-9H2,1-3H3,(H,21,23). The molecule has 0 atom stereocenters. The molecule has 7 heteroatoms. The van der Waals surface area contributed by atoms with Crippen molar-refractivity contribution in [2.24, 2.45) is 5.92 Å². The van der Waals surface area contributed by atoms with Gasteiger partial charge in [-0.3, -0.25) is 4.79 Å². The second-order valence-electron chi connectivity index (χ2n) is 7.26. The molecule has 0 aromatic carbocycles. The van der Waals surface area contributed by atoms with E-state index >= 15 is 0 Å². The zero-order chi connectivity index (χ0) is 18.0. The maximum atomic E-state index is 12.3. The molecule has 1 fully saturated rings. The van der Waals surface area contributed by atoms with Gasteiger partial charge >= 0.3 is 0 Å². The molecule has 1 aliphatic heterocycles. The van der Waals surface area contributed by atoms with Gasteiger partial charge in [0.2, 0.25) is 17.5 Å². The molecule has 132 valence electrons. The van der Waals surface area contributed by atoms with E-state index in [0.29, 0.717) is 43.5 Å². The van der Waals surface area contributed by atoms with E-state index in [-0.39, 0.29) is 23.1 Å². The number of furan rings is 1. The fraction of sp³-hybridized carbons (Fsp3) is 0.500. The molecule has 0 aliphatic carbocycles. The zero-order valence-electron chi connectivity index (χ0n) is 14.7. The first kappa shape index (κ1) is 17.1. The Balaban J connectivity index is 1.69. The molecular formula is C18H22N4O3. The largest absolute Gasteiger partial charge is 0.459 e. The van der Waals surface area contributed by atoms with Crippen LogP contribution < -0.4 is 10.2 Å². The van der Waals surface area contributed by atoms with Crippen LogP contribution in [-0.2, 0) is 4.79 Å². The highest BCUT2D eigenvalue weighted by atomic mass is 16.4. The summed E-state index contributed by atoms with van der Waals surface area (Å²) in [7, 11) is 0. The van der Waals surface area contributed by atoms with E-state index in [2.05, 4.69) is 16.4 Å². The van der Waals surface area contributed by atoms with E-state index in [1.54, 1.807) is 12.1 Å². The summed E-state index contributed by atoms with van der Waals surface area (Å²) in [6, 6.07) is 5.55. The van der Waals surface area contributed by atoms with Crippen LogP contribution in [0.15, 0.2) is 27.2 Å². The maximum absolute atomic E-state index is 12.3. The van der Waals surface area contributed by atoms with E-state index < -0.39 is 0 Å². The molecule has 25 heavy (non-hydrogen) atoms. The lowest BCUT2D eigenvalue weighted by molar-refractivity contribution is -0.127. The number of nitrogens with zero attached hydrogens (tertiary/aromatic N) is 3. The van der Waals surface area contributed by atoms with Crippen molar-refractivity contribution in [3.8, 4) is 17.7 Å². The SMILES string of the molecule is CC(C)(C)NC(=O)C1CCN(c2oc(-c3ccco3)nc2C#N)CC1. The highest BCUT2D eigenvalue weighted by molar-refractivity contribution is 5.79. The zero-order valence-corrected chi connectivity index (χ0v) is 14.7. The van der Waals surface area contributed by atoms with Gasteiger partial charge in [0, 0.05) is 24.5 Å². The number of carbonyl (C=O) groups excluding carboxylic acids is 1. The molecule has 3 rings (SSSR count). The van der Waals surface area contributed by atoms with Gasteiger partial charge < -0.3 is 19.1 Å². The molecule has 2 aromatic rings. The van der Waals surface area contributed by atoms with Crippen LogP contribution in [0.4, 0.5) is 5.88 Å². The Morgan fingerprint density at radius 3 is 2.68 bits per heavy atom. The number of nitriles is 1. The minimum absolute atomic E-state index is 0.0199. The number of anilines is 1. The van der Waals surface area contributed by atoms with E-state index in [1.807, 2.05) is 25.7 Å². The molecule has 1 saturated heterocycles. The highest BCUT2D eigenvalue weighted by Gasteiger charge is 2.30. The Hall–Kier alpha value is -2.75. The van der Waals surface area contributed by atoms with Crippen LogP contribution in [0.2, 0.25) is 0 Å². The molecule has 7 nitrogen and oxygen atoms in total. The average Bonchev–Trinajstić information content (AvgIpc) is 3.22. The van der Waals surface area contributed by atoms with E-state index in [0.717, 1.165) is 0 Å². The molecule has 0 unspecified atom stereocenters.